The van der Waals surface area contributed by atoms with Crippen LogP contribution in [0.2, 0.25) is 0 Å². The zero-order chi connectivity index (χ0) is 17.9. The topological polar surface area (TPSA) is 78.7 Å². The second-order valence-electron chi connectivity index (χ2n) is 6.22. The fourth-order valence-corrected chi connectivity index (χ4v) is 3.19. The third kappa shape index (κ3) is 3.11. The molecule has 0 bridgehead atoms. The molecule has 8 nitrogen and oxygen atoms in total. The van der Waals surface area contributed by atoms with Gasteiger partial charge in [0.05, 0.1) is 18.4 Å². The van der Waals surface area contributed by atoms with Gasteiger partial charge in [0.15, 0.2) is 5.65 Å². The zero-order valence-electron chi connectivity index (χ0n) is 14.7. The maximum atomic E-state index is 10.7. The highest BCUT2D eigenvalue weighted by Gasteiger charge is 2.18. The Kier molecular flexibility index (Phi) is 4.49. The summed E-state index contributed by atoms with van der Waals surface area (Å²) < 4.78 is 1.81. The van der Waals surface area contributed by atoms with Crippen LogP contribution in [0.3, 0.4) is 0 Å². The maximum absolute atomic E-state index is 10.7. The lowest BCUT2D eigenvalue weighted by Gasteiger charge is -2.34. The molecule has 4 rings (SSSR count). The van der Waals surface area contributed by atoms with E-state index in [1.165, 1.54) is 0 Å². The Hall–Kier alpha value is -3.00. The van der Waals surface area contributed by atoms with E-state index in [0.717, 1.165) is 61.1 Å². The van der Waals surface area contributed by atoms with E-state index in [1.54, 1.807) is 10.7 Å². The molecule has 0 aliphatic carbocycles. The van der Waals surface area contributed by atoms with Crippen molar-refractivity contribution in [1.29, 1.82) is 0 Å². The standard InChI is InChI=1S/C18H21N7O/c1-19-16-5-6-17-20-13-15(25(17)22-16)14-3-2-4-18(21-14)24-9-7-23(8-10-24)11-12-26/h2-6,12-13H,7-11H2,1H3,(H,19,22). The molecule has 1 aliphatic heterocycles. The number of fused-ring (bicyclic) bond motifs is 1. The number of hydrogen-bond donors (Lipinski definition) is 1. The molecule has 4 heterocycles. The lowest BCUT2D eigenvalue weighted by molar-refractivity contribution is -0.108. The fourth-order valence-electron chi connectivity index (χ4n) is 3.19. The molecule has 0 amide bonds. The average molecular weight is 351 g/mol. The van der Waals surface area contributed by atoms with E-state index >= 15 is 0 Å². The van der Waals surface area contributed by atoms with Crippen LogP contribution in [-0.4, -0.2) is 70.5 Å². The first-order chi connectivity index (χ1) is 12.8. The molecule has 1 fully saturated rings. The molecule has 26 heavy (non-hydrogen) atoms. The normalized spacial score (nSPS) is 15.3. The van der Waals surface area contributed by atoms with Gasteiger partial charge in [-0.1, -0.05) is 6.07 Å². The molecule has 134 valence electrons. The largest absolute Gasteiger partial charge is 0.372 e. The minimum absolute atomic E-state index is 0.503. The highest BCUT2D eigenvalue weighted by atomic mass is 16.1. The average Bonchev–Trinajstić information content (AvgIpc) is 3.12. The number of anilines is 2. The van der Waals surface area contributed by atoms with Crippen LogP contribution in [0.1, 0.15) is 0 Å². The second-order valence-corrected chi connectivity index (χ2v) is 6.22. The first-order valence-electron chi connectivity index (χ1n) is 8.69. The predicted octanol–water partition coefficient (Wildman–Crippen LogP) is 1.15. The molecule has 1 saturated heterocycles. The van der Waals surface area contributed by atoms with Gasteiger partial charge in [0.1, 0.15) is 23.6 Å². The third-order valence-corrected chi connectivity index (χ3v) is 4.64. The van der Waals surface area contributed by atoms with E-state index in [2.05, 4.69) is 25.2 Å². The Balaban J connectivity index is 1.61. The Morgan fingerprint density at radius 1 is 1.15 bits per heavy atom. The van der Waals surface area contributed by atoms with Crippen LogP contribution in [0.15, 0.2) is 36.5 Å². The minimum Gasteiger partial charge on any atom is -0.372 e. The van der Waals surface area contributed by atoms with Gasteiger partial charge in [-0.15, -0.1) is 5.10 Å². The van der Waals surface area contributed by atoms with Crippen LogP contribution in [0.25, 0.3) is 17.0 Å². The number of nitrogens with zero attached hydrogens (tertiary/aromatic N) is 6. The Morgan fingerprint density at radius 3 is 2.77 bits per heavy atom. The van der Waals surface area contributed by atoms with Crippen molar-refractivity contribution < 1.29 is 4.79 Å². The summed E-state index contributed by atoms with van der Waals surface area (Å²) in [5, 5.41) is 7.60. The molecule has 0 atom stereocenters. The quantitative estimate of drug-likeness (QED) is 0.691. The fraction of sp³-hybridized carbons (Fsp3) is 0.333. The van der Waals surface area contributed by atoms with Crippen molar-refractivity contribution in [2.75, 3.05) is 50.0 Å². The van der Waals surface area contributed by atoms with Crippen molar-refractivity contribution in [3.05, 3.63) is 36.5 Å². The number of piperazine rings is 1. The molecular weight excluding hydrogens is 330 g/mol. The number of aldehydes is 1. The summed E-state index contributed by atoms with van der Waals surface area (Å²) in [7, 11) is 1.84. The van der Waals surface area contributed by atoms with E-state index in [1.807, 2.05) is 37.4 Å². The van der Waals surface area contributed by atoms with Gasteiger partial charge in [-0.25, -0.2) is 14.5 Å². The number of carbonyl (C=O) groups excluding carboxylic acids is 1. The molecule has 0 saturated carbocycles. The van der Waals surface area contributed by atoms with Gasteiger partial charge in [-0.2, -0.15) is 0 Å². The van der Waals surface area contributed by atoms with Crippen molar-refractivity contribution >= 4 is 23.6 Å². The van der Waals surface area contributed by atoms with E-state index in [4.69, 9.17) is 4.98 Å². The smallest absolute Gasteiger partial charge is 0.154 e. The molecule has 0 spiro atoms. The molecule has 1 aliphatic rings. The molecule has 3 aromatic heterocycles. The van der Waals surface area contributed by atoms with Crippen LogP contribution in [-0.2, 0) is 4.79 Å². The highest BCUT2D eigenvalue weighted by molar-refractivity contribution is 5.62. The van der Waals surface area contributed by atoms with Gasteiger partial charge in [0, 0.05) is 33.2 Å². The minimum atomic E-state index is 0.503. The molecule has 0 unspecified atom stereocenters. The monoisotopic (exact) mass is 351 g/mol. The first-order valence-corrected chi connectivity index (χ1v) is 8.69. The molecule has 0 radical (unpaired) electrons. The maximum Gasteiger partial charge on any atom is 0.154 e. The van der Waals surface area contributed by atoms with Crippen molar-refractivity contribution in [2.24, 2.45) is 0 Å². The van der Waals surface area contributed by atoms with Gasteiger partial charge in [0.2, 0.25) is 0 Å². The summed E-state index contributed by atoms with van der Waals surface area (Å²) >= 11 is 0. The number of nitrogens with one attached hydrogen (secondary N) is 1. The summed E-state index contributed by atoms with van der Waals surface area (Å²) in [5.74, 6) is 1.71. The Labute approximate surface area is 151 Å². The Morgan fingerprint density at radius 2 is 2.00 bits per heavy atom. The van der Waals surface area contributed by atoms with Gasteiger partial charge >= 0.3 is 0 Å². The first kappa shape index (κ1) is 16.5. The lowest BCUT2D eigenvalue weighted by atomic mass is 10.2. The zero-order valence-corrected chi connectivity index (χ0v) is 14.7. The number of aromatic nitrogens is 4. The van der Waals surface area contributed by atoms with Crippen LogP contribution in [0.5, 0.6) is 0 Å². The summed E-state index contributed by atoms with van der Waals surface area (Å²) in [4.78, 5) is 24.3. The predicted molar refractivity (Wildman–Crippen MR) is 100 cm³/mol. The van der Waals surface area contributed by atoms with E-state index in [-0.39, 0.29) is 0 Å². The number of pyridine rings is 1. The third-order valence-electron chi connectivity index (χ3n) is 4.64. The van der Waals surface area contributed by atoms with E-state index in [9.17, 15) is 4.79 Å². The van der Waals surface area contributed by atoms with Crippen LogP contribution in [0, 0.1) is 0 Å². The van der Waals surface area contributed by atoms with Gasteiger partial charge < -0.3 is 15.0 Å². The second kappa shape index (κ2) is 7.09. The summed E-state index contributed by atoms with van der Waals surface area (Å²) in [6, 6.07) is 9.84. The number of rotatable bonds is 5. The van der Waals surface area contributed by atoms with Crippen LogP contribution < -0.4 is 10.2 Å². The molecule has 1 N–H and O–H groups in total. The molecule has 3 aromatic rings. The van der Waals surface area contributed by atoms with E-state index in [0.29, 0.717) is 6.54 Å². The summed E-state index contributed by atoms with van der Waals surface area (Å²) in [6.45, 7) is 3.96. The van der Waals surface area contributed by atoms with Gasteiger partial charge in [-0.3, -0.25) is 4.90 Å². The number of hydrogen-bond acceptors (Lipinski definition) is 7. The lowest BCUT2D eigenvalue weighted by Crippen LogP contribution is -2.47. The molecular formula is C18H21N7O. The van der Waals surface area contributed by atoms with Crippen LogP contribution in [0.4, 0.5) is 11.6 Å². The van der Waals surface area contributed by atoms with Crippen LogP contribution >= 0.6 is 0 Å². The molecule has 0 aromatic carbocycles. The van der Waals surface area contributed by atoms with Crippen molar-refractivity contribution in [2.45, 2.75) is 0 Å². The summed E-state index contributed by atoms with van der Waals surface area (Å²) in [5.41, 5.74) is 2.48. The number of imidazole rings is 1. The molecule has 8 heteroatoms. The van der Waals surface area contributed by atoms with Crippen molar-refractivity contribution in [3.63, 3.8) is 0 Å². The summed E-state index contributed by atoms with van der Waals surface area (Å²) in [6.07, 6.45) is 2.77. The number of carbonyl (C=O) groups is 1. The highest BCUT2D eigenvalue weighted by Crippen LogP contribution is 2.22. The van der Waals surface area contributed by atoms with Gasteiger partial charge in [-0.05, 0) is 24.3 Å². The van der Waals surface area contributed by atoms with Crippen molar-refractivity contribution in [1.82, 2.24) is 24.5 Å². The van der Waals surface area contributed by atoms with E-state index < -0.39 is 0 Å². The van der Waals surface area contributed by atoms with Crippen molar-refractivity contribution in [3.8, 4) is 11.4 Å². The SMILES string of the molecule is CNc1ccc2ncc(-c3cccc(N4CCN(CC=O)CC4)n3)n2n1. The Bertz CT molecular complexity index is 915. The van der Waals surface area contributed by atoms with Gasteiger partial charge in [0.25, 0.3) is 0 Å².